The number of hydrogen-bond donors (Lipinski definition) is 1. The Morgan fingerprint density at radius 3 is 2.52 bits per heavy atom. The number of benzene rings is 2. The van der Waals surface area contributed by atoms with Crippen molar-refractivity contribution in [2.45, 2.75) is 19.3 Å². The lowest BCUT2D eigenvalue weighted by atomic mass is 10.1. The van der Waals surface area contributed by atoms with E-state index >= 15 is 0 Å². The molecule has 4 rings (SSSR count). The van der Waals surface area contributed by atoms with Crippen LogP contribution in [-0.4, -0.2) is 22.4 Å². The van der Waals surface area contributed by atoms with Crippen LogP contribution in [0.5, 0.6) is 0 Å². The third-order valence-electron chi connectivity index (χ3n) is 4.19. The second-order valence-electron chi connectivity index (χ2n) is 6.10. The molecule has 1 aromatic heterocycles. The number of nitrogens with one attached hydrogen (secondary N) is 1. The van der Waals surface area contributed by atoms with Gasteiger partial charge >= 0.3 is 0 Å². The molecule has 1 aliphatic rings. The number of rotatable bonds is 3. The summed E-state index contributed by atoms with van der Waals surface area (Å²) in [6.45, 7) is 2.82. The molecular weight excluding hydrogens is 385 g/mol. The largest absolute Gasteiger partial charge is 0.355 e. The van der Waals surface area contributed by atoms with E-state index in [9.17, 15) is 4.39 Å². The topological polar surface area (TPSA) is 39.1 Å². The van der Waals surface area contributed by atoms with Crippen molar-refractivity contribution in [1.29, 1.82) is 0 Å². The van der Waals surface area contributed by atoms with Gasteiger partial charge in [0.05, 0.1) is 17.5 Å². The van der Waals surface area contributed by atoms with Crippen molar-refractivity contribution in [3.8, 4) is 16.9 Å². The summed E-state index contributed by atoms with van der Waals surface area (Å²) in [6.07, 6.45) is 1.89. The van der Waals surface area contributed by atoms with Gasteiger partial charge in [-0.1, -0.05) is 15.9 Å². The van der Waals surface area contributed by atoms with Crippen LogP contribution in [0.2, 0.25) is 0 Å². The first-order valence-electron chi connectivity index (χ1n) is 8.10. The summed E-state index contributed by atoms with van der Waals surface area (Å²) in [5, 5.41) is 8.10. The fraction of sp³-hybridized carbons (Fsp3) is 0.211. The predicted octanol–water partition coefficient (Wildman–Crippen LogP) is 4.45. The lowest BCUT2D eigenvalue weighted by molar-refractivity contribution is 0.0514. The Labute approximate surface area is 153 Å². The first-order valence-corrected chi connectivity index (χ1v) is 8.90. The maximum atomic E-state index is 13.3. The lowest BCUT2D eigenvalue weighted by Crippen LogP contribution is -2.14. The fourth-order valence-electron chi connectivity index (χ4n) is 2.92. The van der Waals surface area contributed by atoms with E-state index in [1.54, 1.807) is 12.1 Å². The van der Waals surface area contributed by atoms with Gasteiger partial charge in [0, 0.05) is 28.3 Å². The summed E-state index contributed by atoms with van der Waals surface area (Å²) in [5.41, 5.74) is 3.54. The predicted molar refractivity (Wildman–Crippen MR) is 97.9 cm³/mol. The Morgan fingerprint density at radius 1 is 1.16 bits per heavy atom. The molecule has 0 radical (unpaired) electrons. The van der Waals surface area contributed by atoms with Crippen molar-refractivity contribution < 1.29 is 9.13 Å². The van der Waals surface area contributed by atoms with E-state index in [-0.39, 0.29) is 18.1 Å². The smallest absolute Gasteiger partial charge is 0.138 e. The summed E-state index contributed by atoms with van der Waals surface area (Å²) in [7, 11) is 0. The van der Waals surface area contributed by atoms with Gasteiger partial charge in [-0.05, 0) is 55.5 Å². The van der Waals surface area contributed by atoms with Crippen LogP contribution < -0.4 is 5.32 Å². The van der Waals surface area contributed by atoms with Crippen LogP contribution in [0.3, 0.4) is 0 Å². The molecule has 4 nitrogen and oxygen atoms in total. The molecule has 2 atom stereocenters. The molecule has 0 amide bonds. The van der Waals surface area contributed by atoms with E-state index in [0.29, 0.717) is 0 Å². The van der Waals surface area contributed by atoms with E-state index in [4.69, 9.17) is 9.84 Å². The average Bonchev–Trinajstić information content (AvgIpc) is 3.23. The van der Waals surface area contributed by atoms with Crippen molar-refractivity contribution in [3.63, 3.8) is 0 Å². The van der Waals surface area contributed by atoms with E-state index in [1.807, 2.05) is 42.1 Å². The third kappa shape index (κ3) is 3.38. The first-order chi connectivity index (χ1) is 12.1. The Balaban J connectivity index is 1.80. The van der Waals surface area contributed by atoms with Crippen LogP contribution in [0.15, 0.2) is 59.2 Å². The quantitative estimate of drug-likeness (QED) is 0.704. The molecule has 1 saturated heterocycles. The molecule has 3 aromatic rings. The second kappa shape index (κ2) is 6.71. The highest BCUT2D eigenvalue weighted by atomic mass is 79.9. The third-order valence-corrected chi connectivity index (χ3v) is 4.72. The van der Waals surface area contributed by atoms with Gasteiger partial charge in [-0.2, -0.15) is 5.10 Å². The van der Waals surface area contributed by atoms with E-state index in [2.05, 4.69) is 21.2 Å². The Hall–Kier alpha value is -2.02. The minimum Gasteiger partial charge on any atom is -0.355 e. The molecule has 2 heterocycles. The van der Waals surface area contributed by atoms with Crippen molar-refractivity contribution >= 4 is 15.9 Å². The maximum absolute atomic E-state index is 13.3. The molecule has 0 spiro atoms. The van der Waals surface area contributed by atoms with Crippen LogP contribution in [-0.2, 0) is 4.74 Å². The van der Waals surface area contributed by atoms with Gasteiger partial charge in [-0.15, -0.1) is 0 Å². The Kier molecular flexibility index (Phi) is 4.41. The zero-order chi connectivity index (χ0) is 17.4. The molecule has 2 unspecified atom stereocenters. The Morgan fingerprint density at radius 2 is 1.88 bits per heavy atom. The first kappa shape index (κ1) is 16.4. The van der Waals surface area contributed by atoms with E-state index in [1.165, 1.54) is 12.1 Å². The van der Waals surface area contributed by atoms with Gasteiger partial charge in [0.1, 0.15) is 12.0 Å². The monoisotopic (exact) mass is 401 g/mol. The van der Waals surface area contributed by atoms with Crippen LogP contribution in [0, 0.1) is 5.82 Å². The zero-order valence-corrected chi connectivity index (χ0v) is 15.2. The molecule has 0 aliphatic carbocycles. The summed E-state index contributed by atoms with van der Waals surface area (Å²) < 4.78 is 22.1. The van der Waals surface area contributed by atoms with Crippen LogP contribution in [0.1, 0.15) is 18.7 Å². The van der Waals surface area contributed by atoms with Gasteiger partial charge in [0.2, 0.25) is 0 Å². The molecular formula is C19H17BrFN3O. The van der Waals surface area contributed by atoms with Crippen molar-refractivity contribution in [3.05, 3.63) is 70.6 Å². The highest BCUT2D eigenvalue weighted by molar-refractivity contribution is 9.10. The van der Waals surface area contributed by atoms with Crippen LogP contribution in [0.4, 0.5) is 4.39 Å². The second-order valence-corrected chi connectivity index (χ2v) is 7.01. The number of ether oxygens (including phenoxy) is 1. The summed E-state index contributed by atoms with van der Waals surface area (Å²) in [4.78, 5) is 0. The maximum Gasteiger partial charge on any atom is 0.138 e. The normalized spacial score (nSPS) is 20.1. The molecule has 0 bridgehead atoms. The number of nitrogens with zero attached hydrogens (tertiary/aromatic N) is 2. The van der Waals surface area contributed by atoms with Crippen LogP contribution >= 0.6 is 15.9 Å². The zero-order valence-electron chi connectivity index (χ0n) is 13.6. The molecule has 2 aromatic carbocycles. The highest BCUT2D eigenvalue weighted by Crippen LogP contribution is 2.31. The molecule has 128 valence electrons. The van der Waals surface area contributed by atoms with E-state index in [0.717, 1.165) is 33.5 Å². The number of hydrogen-bond acceptors (Lipinski definition) is 3. The van der Waals surface area contributed by atoms with Gasteiger partial charge < -0.3 is 4.74 Å². The Bertz CT molecular complexity index is 877. The molecule has 25 heavy (non-hydrogen) atoms. The SMILES string of the molecule is CC1CNC(c2cn(-c3ccc(Br)cc3)nc2-c2ccc(F)cc2)O1. The van der Waals surface area contributed by atoms with Crippen molar-refractivity contribution in [1.82, 2.24) is 15.1 Å². The van der Waals surface area contributed by atoms with Gasteiger partial charge in [-0.3, -0.25) is 5.32 Å². The lowest BCUT2D eigenvalue weighted by Gasteiger charge is -2.11. The minimum atomic E-state index is -0.262. The van der Waals surface area contributed by atoms with Gasteiger partial charge in [0.15, 0.2) is 0 Å². The average molecular weight is 402 g/mol. The standard InChI is InChI=1S/C19H17BrFN3O/c1-12-10-22-19(25-12)17-11-24(16-8-4-14(20)5-9-16)23-18(17)13-2-6-15(21)7-3-13/h2-9,11-12,19,22H,10H2,1H3. The van der Waals surface area contributed by atoms with Crippen molar-refractivity contribution in [2.24, 2.45) is 0 Å². The highest BCUT2D eigenvalue weighted by Gasteiger charge is 2.27. The van der Waals surface area contributed by atoms with E-state index < -0.39 is 0 Å². The van der Waals surface area contributed by atoms with Crippen LogP contribution in [0.25, 0.3) is 16.9 Å². The number of aromatic nitrogens is 2. The minimum absolute atomic E-state index is 0.141. The van der Waals surface area contributed by atoms with Crippen molar-refractivity contribution in [2.75, 3.05) is 6.54 Å². The summed E-state index contributed by atoms with van der Waals surface area (Å²) >= 11 is 3.45. The molecule has 6 heteroatoms. The molecule has 1 N–H and O–H groups in total. The van der Waals surface area contributed by atoms with Gasteiger partial charge in [-0.25, -0.2) is 9.07 Å². The fourth-order valence-corrected chi connectivity index (χ4v) is 3.19. The van der Waals surface area contributed by atoms with Gasteiger partial charge in [0.25, 0.3) is 0 Å². The molecule has 0 saturated carbocycles. The summed E-state index contributed by atoms with van der Waals surface area (Å²) in [6, 6.07) is 14.3. The number of halogens is 2. The molecule has 1 aliphatic heterocycles. The molecule has 1 fully saturated rings. The summed E-state index contributed by atoms with van der Waals surface area (Å²) in [5.74, 6) is -0.262.